The SMILES string of the molecule is CN=C(NCC1CC=CCC1)NCC1CC1.I. The zero-order valence-corrected chi connectivity index (χ0v) is 12.9. The molecule has 1 unspecified atom stereocenters. The van der Waals surface area contributed by atoms with Gasteiger partial charge in [-0.3, -0.25) is 4.99 Å². The van der Waals surface area contributed by atoms with Crippen molar-refractivity contribution in [2.75, 3.05) is 20.1 Å². The molecule has 0 saturated heterocycles. The highest BCUT2D eigenvalue weighted by molar-refractivity contribution is 14.0. The average molecular weight is 349 g/mol. The van der Waals surface area contributed by atoms with Gasteiger partial charge in [0, 0.05) is 20.1 Å². The maximum atomic E-state index is 4.25. The molecule has 0 aliphatic heterocycles. The standard InChI is InChI=1S/C13H23N3.HI/c1-14-13(16-10-12-7-8-12)15-9-11-5-3-2-4-6-11;/h2-3,11-12H,4-10H2,1H3,(H2,14,15,16);1H. The van der Waals surface area contributed by atoms with E-state index in [1.807, 2.05) is 7.05 Å². The molecule has 0 aromatic carbocycles. The van der Waals surface area contributed by atoms with Crippen molar-refractivity contribution in [3.8, 4) is 0 Å². The first kappa shape index (κ1) is 14.8. The third-order valence-electron chi connectivity index (χ3n) is 3.41. The van der Waals surface area contributed by atoms with Gasteiger partial charge in [0.05, 0.1) is 0 Å². The maximum absolute atomic E-state index is 4.25. The monoisotopic (exact) mass is 349 g/mol. The molecule has 2 rings (SSSR count). The molecule has 0 radical (unpaired) electrons. The Morgan fingerprint density at radius 3 is 2.35 bits per heavy atom. The number of guanidine groups is 1. The van der Waals surface area contributed by atoms with Gasteiger partial charge in [0.25, 0.3) is 0 Å². The quantitative estimate of drug-likeness (QED) is 0.354. The van der Waals surface area contributed by atoms with Crippen LogP contribution in [0.15, 0.2) is 17.1 Å². The van der Waals surface area contributed by atoms with Crippen LogP contribution in [0.4, 0.5) is 0 Å². The fourth-order valence-corrected chi connectivity index (χ4v) is 2.07. The summed E-state index contributed by atoms with van der Waals surface area (Å²) in [6.07, 6.45) is 11.1. The first-order chi connectivity index (χ1) is 7.88. The Kier molecular flexibility index (Phi) is 6.92. The highest BCUT2D eigenvalue weighted by Crippen LogP contribution is 2.27. The summed E-state index contributed by atoms with van der Waals surface area (Å²) in [6.45, 7) is 2.14. The normalized spacial score (nSPS) is 24.1. The highest BCUT2D eigenvalue weighted by Gasteiger charge is 2.21. The van der Waals surface area contributed by atoms with Gasteiger partial charge in [0.15, 0.2) is 5.96 Å². The van der Waals surface area contributed by atoms with E-state index < -0.39 is 0 Å². The first-order valence-corrected chi connectivity index (χ1v) is 6.48. The van der Waals surface area contributed by atoms with Crippen LogP contribution in [0.25, 0.3) is 0 Å². The van der Waals surface area contributed by atoms with Crippen LogP contribution in [0, 0.1) is 11.8 Å². The molecule has 0 bridgehead atoms. The molecule has 2 aliphatic rings. The van der Waals surface area contributed by atoms with E-state index in [9.17, 15) is 0 Å². The third kappa shape index (κ3) is 5.75. The summed E-state index contributed by atoms with van der Waals surface area (Å²) in [4.78, 5) is 4.25. The van der Waals surface area contributed by atoms with Crippen molar-refractivity contribution in [1.82, 2.24) is 10.6 Å². The van der Waals surface area contributed by atoms with Gasteiger partial charge in [0.2, 0.25) is 0 Å². The van der Waals surface area contributed by atoms with E-state index in [1.54, 1.807) is 0 Å². The molecule has 0 aromatic heterocycles. The number of allylic oxidation sites excluding steroid dienone is 2. The molecular formula is C13H24IN3. The molecule has 3 nitrogen and oxygen atoms in total. The van der Waals surface area contributed by atoms with E-state index >= 15 is 0 Å². The third-order valence-corrected chi connectivity index (χ3v) is 3.41. The van der Waals surface area contributed by atoms with E-state index in [0.29, 0.717) is 0 Å². The summed E-state index contributed by atoms with van der Waals surface area (Å²) in [7, 11) is 1.85. The van der Waals surface area contributed by atoms with Crippen LogP contribution in [-0.2, 0) is 0 Å². The average Bonchev–Trinajstić information content (AvgIpc) is 3.15. The second kappa shape index (κ2) is 7.95. The molecular weight excluding hydrogens is 325 g/mol. The second-order valence-corrected chi connectivity index (χ2v) is 4.93. The van der Waals surface area contributed by atoms with Crippen molar-refractivity contribution in [2.24, 2.45) is 16.8 Å². The predicted molar refractivity (Wildman–Crippen MR) is 84.0 cm³/mol. The molecule has 0 amide bonds. The minimum Gasteiger partial charge on any atom is -0.356 e. The molecule has 2 N–H and O–H groups in total. The molecule has 2 aliphatic carbocycles. The van der Waals surface area contributed by atoms with Crippen molar-refractivity contribution in [1.29, 1.82) is 0 Å². The van der Waals surface area contributed by atoms with Gasteiger partial charge in [-0.1, -0.05) is 12.2 Å². The molecule has 0 aromatic rings. The molecule has 1 fully saturated rings. The molecule has 98 valence electrons. The van der Waals surface area contributed by atoms with Gasteiger partial charge in [-0.2, -0.15) is 0 Å². The van der Waals surface area contributed by atoms with Crippen LogP contribution in [0.1, 0.15) is 32.1 Å². The molecule has 0 heterocycles. The van der Waals surface area contributed by atoms with Gasteiger partial charge in [0.1, 0.15) is 0 Å². The van der Waals surface area contributed by atoms with Gasteiger partial charge >= 0.3 is 0 Å². The van der Waals surface area contributed by atoms with Crippen molar-refractivity contribution < 1.29 is 0 Å². The number of nitrogens with one attached hydrogen (secondary N) is 2. The lowest BCUT2D eigenvalue weighted by atomic mass is 9.94. The van der Waals surface area contributed by atoms with Crippen molar-refractivity contribution in [2.45, 2.75) is 32.1 Å². The number of halogens is 1. The Hall–Kier alpha value is -0.260. The lowest BCUT2D eigenvalue weighted by molar-refractivity contribution is 0.469. The Morgan fingerprint density at radius 2 is 1.82 bits per heavy atom. The van der Waals surface area contributed by atoms with Crippen LogP contribution in [0.2, 0.25) is 0 Å². The number of aliphatic imine (C=N–C) groups is 1. The topological polar surface area (TPSA) is 36.4 Å². The van der Waals surface area contributed by atoms with Crippen molar-refractivity contribution in [3.63, 3.8) is 0 Å². The van der Waals surface area contributed by atoms with E-state index in [4.69, 9.17) is 0 Å². The summed E-state index contributed by atoms with van der Waals surface area (Å²) >= 11 is 0. The summed E-state index contributed by atoms with van der Waals surface area (Å²) in [5.74, 6) is 2.65. The minimum atomic E-state index is 0. The van der Waals surface area contributed by atoms with Gasteiger partial charge in [-0.15, -0.1) is 24.0 Å². The van der Waals surface area contributed by atoms with Crippen LogP contribution < -0.4 is 10.6 Å². The van der Waals surface area contributed by atoms with Crippen molar-refractivity contribution in [3.05, 3.63) is 12.2 Å². The highest BCUT2D eigenvalue weighted by atomic mass is 127. The smallest absolute Gasteiger partial charge is 0.190 e. The summed E-state index contributed by atoms with van der Waals surface area (Å²) in [6, 6.07) is 0. The summed E-state index contributed by atoms with van der Waals surface area (Å²) in [5.41, 5.74) is 0. The fraction of sp³-hybridized carbons (Fsp3) is 0.769. The largest absolute Gasteiger partial charge is 0.356 e. The van der Waals surface area contributed by atoms with Crippen LogP contribution in [-0.4, -0.2) is 26.1 Å². The number of hydrogen-bond donors (Lipinski definition) is 2. The van der Waals surface area contributed by atoms with Crippen molar-refractivity contribution >= 4 is 29.9 Å². The lowest BCUT2D eigenvalue weighted by Crippen LogP contribution is -2.40. The maximum Gasteiger partial charge on any atom is 0.190 e. The molecule has 4 heteroatoms. The first-order valence-electron chi connectivity index (χ1n) is 6.48. The van der Waals surface area contributed by atoms with Gasteiger partial charge < -0.3 is 10.6 Å². The zero-order chi connectivity index (χ0) is 11.2. The molecule has 17 heavy (non-hydrogen) atoms. The van der Waals surface area contributed by atoms with Crippen LogP contribution >= 0.6 is 24.0 Å². The predicted octanol–water partition coefficient (Wildman–Crippen LogP) is 2.54. The van der Waals surface area contributed by atoms with E-state index in [2.05, 4.69) is 27.8 Å². The van der Waals surface area contributed by atoms with Gasteiger partial charge in [-0.25, -0.2) is 0 Å². The van der Waals surface area contributed by atoms with E-state index in [0.717, 1.165) is 30.9 Å². The summed E-state index contributed by atoms with van der Waals surface area (Å²) < 4.78 is 0. The fourth-order valence-electron chi connectivity index (χ4n) is 2.07. The zero-order valence-electron chi connectivity index (χ0n) is 10.6. The number of nitrogens with zero attached hydrogens (tertiary/aromatic N) is 1. The van der Waals surface area contributed by atoms with Crippen LogP contribution in [0.3, 0.4) is 0 Å². The Balaban J connectivity index is 0.00000144. The summed E-state index contributed by atoms with van der Waals surface area (Å²) in [5, 5.41) is 6.82. The van der Waals surface area contributed by atoms with E-state index in [-0.39, 0.29) is 24.0 Å². The van der Waals surface area contributed by atoms with E-state index in [1.165, 1.54) is 32.1 Å². The van der Waals surface area contributed by atoms with Gasteiger partial charge in [-0.05, 0) is 43.9 Å². The minimum absolute atomic E-state index is 0. The number of rotatable bonds is 4. The second-order valence-electron chi connectivity index (χ2n) is 4.93. The Morgan fingerprint density at radius 1 is 1.12 bits per heavy atom. The molecule has 0 spiro atoms. The molecule has 1 atom stereocenters. The Labute approximate surface area is 122 Å². The molecule has 1 saturated carbocycles. The lowest BCUT2D eigenvalue weighted by Gasteiger charge is -2.20. The van der Waals surface area contributed by atoms with Crippen LogP contribution in [0.5, 0.6) is 0 Å². The Bertz CT molecular complexity index is 272. The number of hydrogen-bond acceptors (Lipinski definition) is 1.